The second kappa shape index (κ2) is 9.22. The molecule has 3 rings (SSSR count). The molecular formula is C27H34ClN. The Bertz CT molecular complexity index is 908. The van der Waals surface area contributed by atoms with Crippen molar-refractivity contribution in [1.82, 2.24) is 0 Å². The Labute approximate surface area is 182 Å². The first kappa shape index (κ1) is 21.7. The van der Waals surface area contributed by atoms with Gasteiger partial charge in [-0.05, 0) is 74.8 Å². The number of para-hydroxylation sites is 1. The molecule has 154 valence electrons. The van der Waals surface area contributed by atoms with Crippen molar-refractivity contribution in [2.24, 2.45) is 5.92 Å². The van der Waals surface area contributed by atoms with Gasteiger partial charge in [0.2, 0.25) is 0 Å². The van der Waals surface area contributed by atoms with Gasteiger partial charge in [-0.25, -0.2) is 0 Å². The summed E-state index contributed by atoms with van der Waals surface area (Å²) >= 11 is 6.82. The lowest BCUT2D eigenvalue weighted by Crippen LogP contribution is -2.29. The SMILES string of the molecule is C=CC(Cl)=C1/C(=C(\C)CCC2CCC2)C(=C)C=C(C)N1c1c(C)cccc1CC. The van der Waals surface area contributed by atoms with Crippen LogP contribution in [-0.2, 0) is 6.42 Å². The second-order valence-corrected chi connectivity index (χ2v) is 8.88. The average Bonchev–Trinajstić information content (AvgIpc) is 2.65. The number of rotatable bonds is 6. The second-order valence-electron chi connectivity index (χ2n) is 8.47. The molecule has 0 radical (unpaired) electrons. The van der Waals surface area contributed by atoms with Crippen LogP contribution in [0.25, 0.3) is 0 Å². The monoisotopic (exact) mass is 407 g/mol. The summed E-state index contributed by atoms with van der Waals surface area (Å²) < 4.78 is 0. The van der Waals surface area contributed by atoms with Gasteiger partial charge in [-0.2, -0.15) is 0 Å². The summed E-state index contributed by atoms with van der Waals surface area (Å²) in [4.78, 5) is 2.33. The molecule has 0 saturated heterocycles. The Kier molecular flexibility index (Phi) is 6.90. The smallest absolute Gasteiger partial charge is 0.0722 e. The maximum Gasteiger partial charge on any atom is 0.0722 e. The Morgan fingerprint density at radius 2 is 2.00 bits per heavy atom. The van der Waals surface area contributed by atoms with E-state index in [2.05, 4.69) is 70.0 Å². The van der Waals surface area contributed by atoms with E-state index in [1.54, 1.807) is 6.08 Å². The summed E-state index contributed by atoms with van der Waals surface area (Å²) in [5.74, 6) is 0.890. The van der Waals surface area contributed by atoms with E-state index in [1.807, 2.05) is 0 Å². The van der Waals surface area contributed by atoms with Crippen LogP contribution in [0.3, 0.4) is 0 Å². The molecule has 29 heavy (non-hydrogen) atoms. The molecule has 1 aliphatic heterocycles. The molecule has 0 bridgehead atoms. The van der Waals surface area contributed by atoms with Gasteiger partial charge in [0, 0.05) is 11.3 Å². The fourth-order valence-corrected chi connectivity index (χ4v) is 4.75. The van der Waals surface area contributed by atoms with Gasteiger partial charge in [0.05, 0.1) is 16.4 Å². The average molecular weight is 408 g/mol. The van der Waals surface area contributed by atoms with E-state index in [0.29, 0.717) is 5.03 Å². The summed E-state index contributed by atoms with van der Waals surface area (Å²) in [5.41, 5.74) is 9.58. The Morgan fingerprint density at radius 1 is 1.28 bits per heavy atom. The van der Waals surface area contributed by atoms with Gasteiger partial charge >= 0.3 is 0 Å². The van der Waals surface area contributed by atoms with Gasteiger partial charge in [-0.3, -0.25) is 0 Å². The number of anilines is 1. The van der Waals surface area contributed by atoms with Gasteiger partial charge in [0.15, 0.2) is 0 Å². The third-order valence-corrected chi connectivity index (χ3v) is 6.76. The maximum atomic E-state index is 6.82. The number of aryl methyl sites for hydroxylation is 2. The molecule has 1 aromatic rings. The van der Waals surface area contributed by atoms with Crippen LogP contribution in [-0.4, -0.2) is 0 Å². The Balaban J connectivity index is 2.17. The highest BCUT2D eigenvalue weighted by Gasteiger charge is 2.30. The third-order valence-electron chi connectivity index (χ3n) is 6.43. The fraction of sp³-hybridized carbons (Fsp3) is 0.407. The minimum atomic E-state index is 0.682. The van der Waals surface area contributed by atoms with Crippen molar-refractivity contribution in [3.05, 3.63) is 87.8 Å². The summed E-state index contributed by atoms with van der Waals surface area (Å²) in [7, 11) is 0. The fourth-order valence-electron chi connectivity index (χ4n) is 4.57. The number of nitrogens with zero attached hydrogens (tertiary/aromatic N) is 1. The van der Waals surface area contributed by atoms with E-state index in [9.17, 15) is 0 Å². The van der Waals surface area contributed by atoms with Gasteiger partial charge in [-0.15, -0.1) is 0 Å². The van der Waals surface area contributed by atoms with Crippen LogP contribution >= 0.6 is 11.6 Å². The molecule has 1 heterocycles. The summed E-state index contributed by atoms with van der Waals surface area (Å²) in [6.45, 7) is 17.2. The molecule has 0 N–H and O–H groups in total. The van der Waals surface area contributed by atoms with E-state index in [0.717, 1.165) is 35.7 Å². The van der Waals surface area contributed by atoms with Crippen molar-refractivity contribution in [3.63, 3.8) is 0 Å². The molecule has 1 saturated carbocycles. The van der Waals surface area contributed by atoms with Crippen LogP contribution in [0, 0.1) is 12.8 Å². The molecule has 2 heteroatoms. The molecule has 0 amide bonds. The quantitative estimate of drug-likeness (QED) is 0.457. The van der Waals surface area contributed by atoms with Crippen molar-refractivity contribution >= 4 is 17.3 Å². The first-order chi connectivity index (χ1) is 13.9. The molecule has 2 aliphatic rings. The van der Waals surface area contributed by atoms with E-state index >= 15 is 0 Å². The number of hydrogen-bond donors (Lipinski definition) is 0. The molecule has 1 nitrogen and oxygen atoms in total. The lowest BCUT2D eigenvalue weighted by atomic mass is 9.80. The van der Waals surface area contributed by atoms with E-state index in [4.69, 9.17) is 11.6 Å². The third kappa shape index (κ3) is 4.31. The Morgan fingerprint density at radius 3 is 2.59 bits per heavy atom. The van der Waals surface area contributed by atoms with Gasteiger partial charge in [-0.1, -0.05) is 74.7 Å². The Hall–Kier alpha value is -1.99. The zero-order chi connectivity index (χ0) is 21.1. The van der Waals surface area contributed by atoms with Crippen molar-refractivity contribution in [2.75, 3.05) is 4.90 Å². The highest BCUT2D eigenvalue weighted by molar-refractivity contribution is 6.32. The zero-order valence-corrected chi connectivity index (χ0v) is 19.2. The van der Waals surface area contributed by atoms with Crippen LogP contribution in [0.2, 0.25) is 0 Å². The van der Waals surface area contributed by atoms with Gasteiger partial charge in [0.1, 0.15) is 0 Å². The summed E-state index contributed by atoms with van der Waals surface area (Å²) in [6.07, 6.45) is 11.4. The predicted octanol–water partition coefficient (Wildman–Crippen LogP) is 8.37. The topological polar surface area (TPSA) is 3.24 Å². The van der Waals surface area contributed by atoms with Gasteiger partial charge in [0.25, 0.3) is 0 Å². The van der Waals surface area contributed by atoms with Crippen molar-refractivity contribution in [2.45, 2.75) is 66.2 Å². The summed E-state index contributed by atoms with van der Waals surface area (Å²) in [6, 6.07) is 6.53. The molecule has 1 aliphatic carbocycles. The molecule has 1 fully saturated rings. The lowest BCUT2D eigenvalue weighted by molar-refractivity contribution is 0.296. The number of hydrogen-bond acceptors (Lipinski definition) is 1. The highest BCUT2D eigenvalue weighted by Crippen LogP contribution is 2.44. The zero-order valence-electron chi connectivity index (χ0n) is 18.4. The van der Waals surface area contributed by atoms with Crippen molar-refractivity contribution in [1.29, 1.82) is 0 Å². The first-order valence-corrected chi connectivity index (χ1v) is 11.2. The van der Waals surface area contributed by atoms with Gasteiger partial charge < -0.3 is 4.90 Å². The minimum Gasteiger partial charge on any atom is -0.312 e. The maximum absolute atomic E-state index is 6.82. The summed E-state index contributed by atoms with van der Waals surface area (Å²) in [5, 5.41) is 0.682. The van der Waals surface area contributed by atoms with Crippen molar-refractivity contribution < 1.29 is 0 Å². The lowest BCUT2D eigenvalue weighted by Gasteiger charge is -2.38. The highest BCUT2D eigenvalue weighted by atomic mass is 35.5. The van der Waals surface area contributed by atoms with E-state index in [-0.39, 0.29) is 0 Å². The number of allylic oxidation sites excluding steroid dienone is 6. The molecule has 0 spiro atoms. The van der Waals surface area contributed by atoms with E-state index < -0.39 is 0 Å². The standard InChI is InChI=1S/C27H34ClN/c1-7-23-14-9-11-19(4)26(23)29-21(6)17-20(5)25(27(29)24(28)8-2)18(3)15-16-22-12-10-13-22/h8-9,11,14,17,22H,2,5,7,10,12-13,15-16H2,1,3-4,6H3/b25-18+,27-24?. The molecule has 1 aromatic carbocycles. The van der Waals surface area contributed by atoms with Crippen LogP contribution in [0.5, 0.6) is 0 Å². The largest absolute Gasteiger partial charge is 0.312 e. The molecular weight excluding hydrogens is 374 g/mol. The molecule has 0 atom stereocenters. The van der Waals surface area contributed by atoms with Crippen LogP contribution in [0.15, 0.2) is 76.7 Å². The first-order valence-electron chi connectivity index (χ1n) is 10.9. The predicted molar refractivity (Wildman–Crippen MR) is 128 cm³/mol. The number of halogens is 1. The number of benzene rings is 1. The van der Waals surface area contributed by atoms with Crippen LogP contribution in [0.1, 0.15) is 64.0 Å². The van der Waals surface area contributed by atoms with Crippen LogP contribution in [0.4, 0.5) is 5.69 Å². The minimum absolute atomic E-state index is 0.682. The van der Waals surface area contributed by atoms with Crippen LogP contribution < -0.4 is 4.90 Å². The molecule has 0 unspecified atom stereocenters. The van der Waals surface area contributed by atoms with E-state index in [1.165, 1.54) is 53.6 Å². The normalized spacial score (nSPS) is 20.9. The molecule has 0 aromatic heterocycles. The van der Waals surface area contributed by atoms with Crippen molar-refractivity contribution in [3.8, 4) is 0 Å².